The van der Waals surface area contributed by atoms with E-state index in [1.165, 1.54) is 28.0 Å². The maximum Gasteiger partial charge on any atom is 0.270 e. The molecule has 0 aliphatic heterocycles. The zero-order valence-corrected chi connectivity index (χ0v) is 20.6. The van der Waals surface area contributed by atoms with Crippen molar-refractivity contribution in [1.82, 2.24) is 14.9 Å². The predicted molar refractivity (Wildman–Crippen MR) is 136 cm³/mol. The topological polar surface area (TPSA) is 88.9 Å². The first-order chi connectivity index (χ1) is 16.0. The van der Waals surface area contributed by atoms with Crippen LogP contribution < -0.4 is 10.7 Å². The molecule has 0 fully saturated rings. The first-order valence-electron chi connectivity index (χ1n) is 10.3. The van der Waals surface area contributed by atoms with Crippen LogP contribution in [0.5, 0.6) is 0 Å². The molecule has 0 saturated heterocycles. The third-order valence-corrected chi connectivity index (χ3v) is 7.89. The van der Waals surface area contributed by atoms with Gasteiger partial charge in [-0.1, -0.05) is 47.4 Å². The third kappa shape index (κ3) is 5.89. The maximum absolute atomic E-state index is 12.9. The Morgan fingerprint density at radius 2 is 1.91 bits per heavy atom. The van der Waals surface area contributed by atoms with Gasteiger partial charge in [-0.3, -0.25) is 19.7 Å². The number of Topliss-reactive ketones (excluding diaryl/α,β-unsaturated/α-hetero) is 1. The van der Waals surface area contributed by atoms with Crippen LogP contribution in [0, 0.1) is 13.8 Å². The van der Waals surface area contributed by atoms with Gasteiger partial charge in [0, 0.05) is 33.9 Å². The lowest BCUT2D eigenvalue weighted by Gasteiger charge is -2.11. The van der Waals surface area contributed by atoms with Crippen LogP contribution >= 0.6 is 34.4 Å². The second-order valence-electron chi connectivity index (χ2n) is 7.27. The van der Waals surface area contributed by atoms with Crippen LogP contribution in [0.1, 0.15) is 37.0 Å². The summed E-state index contributed by atoms with van der Waals surface area (Å²) in [4.78, 5) is 26.7. The van der Waals surface area contributed by atoms with Gasteiger partial charge in [0.15, 0.2) is 10.1 Å². The van der Waals surface area contributed by atoms with Crippen molar-refractivity contribution in [2.45, 2.75) is 24.6 Å². The maximum atomic E-state index is 12.9. The number of rotatable bonds is 10. The molecule has 0 saturated carbocycles. The van der Waals surface area contributed by atoms with E-state index in [2.05, 4.69) is 32.4 Å². The molecule has 0 atom stereocenters. The number of anilines is 1. The molecule has 0 unspecified atom stereocenters. The number of carbonyl (C=O) groups excluding carboxylic acids is 2. The Balaban J connectivity index is 1.32. The van der Waals surface area contributed by atoms with Crippen LogP contribution in [0.2, 0.25) is 0 Å². The van der Waals surface area contributed by atoms with Crippen molar-refractivity contribution in [1.29, 1.82) is 0 Å². The number of benzene rings is 1. The molecule has 170 valence electrons. The van der Waals surface area contributed by atoms with E-state index in [1.807, 2.05) is 38.1 Å². The van der Waals surface area contributed by atoms with Gasteiger partial charge < -0.3 is 5.32 Å². The summed E-state index contributed by atoms with van der Waals surface area (Å²) in [5, 5.41) is 14.4. The number of nitrogens with one attached hydrogen (secondary N) is 2. The SMILES string of the molecule is Cc1cc(C(=O)CSc2nnc(NCCc3cccs3)s2)c(C)n1NC(=O)c1ccccc1. The highest BCUT2D eigenvalue weighted by Crippen LogP contribution is 2.27. The van der Waals surface area contributed by atoms with E-state index in [9.17, 15) is 9.59 Å². The van der Waals surface area contributed by atoms with Crippen molar-refractivity contribution in [3.63, 3.8) is 0 Å². The number of carbonyl (C=O) groups is 2. The molecule has 4 aromatic rings. The van der Waals surface area contributed by atoms with Gasteiger partial charge in [0.05, 0.1) is 5.75 Å². The number of thiophene rings is 1. The fourth-order valence-electron chi connectivity index (χ4n) is 3.26. The molecular formula is C23H23N5O2S3. The van der Waals surface area contributed by atoms with E-state index < -0.39 is 0 Å². The van der Waals surface area contributed by atoms with Crippen LogP contribution in [0.15, 0.2) is 58.3 Å². The Labute approximate surface area is 204 Å². The smallest absolute Gasteiger partial charge is 0.270 e. The van der Waals surface area contributed by atoms with E-state index >= 15 is 0 Å². The van der Waals surface area contributed by atoms with E-state index in [-0.39, 0.29) is 17.4 Å². The number of nitrogens with zero attached hydrogens (tertiary/aromatic N) is 3. The van der Waals surface area contributed by atoms with Gasteiger partial charge in [0.1, 0.15) is 0 Å². The van der Waals surface area contributed by atoms with E-state index in [4.69, 9.17) is 0 Å². The first kappa shape index (κ1) is 23.2. The molecule has 0 aliphatic rings. The molecule has 10 heteroatoms. The predicted octanol–water partition coefficient (Wildman–Crippen LogP) is 5.03. The second-order valence-corrected chi connectivity index (χ2v) is 10.5. The zero-order valence-electron chi connectivity index (χ0n) is 18.2. The quantitative estimate of drug-likeness (QED) is 0.236. The second kappa shape index (κ2) is 10.8. The van der Waals surface area contributed by atoms with Crippen LogP contribution in [-0.2, 0) is 6.42 Å². The summed E-state index contributed by atoms with van der Waals surface area (Å²) in [5.74, 6) is 0.00950. The Hall–Kier alpha value is -2.95. The van der Waals surface area contributed by atoms with Crippen molar-refractivity contribution < 1.29 is 9.59 Å². The number of aromatic nitrogens is 3. The van der Waals surface area contributed by atoms with Gasteiger partial charge in [-0.05, 0) is 49.9 Å². The first-order valence-corrected chi connectivity index (χ1v) is 13.0. The lowest BCUT2D eigenvalue weighted by Crippen LogP contribution is -2.25. The minimum Gasteiger partial charge on any atom is -0.360 e. The molecular weight excluding hydrogens is 474 g/mol. The molecule has 0 radical (unpaired) electrons. The van der Waals surface area contributed by atoms with Crippen LogP contribution in [0.25, 0.3) is 0 Å². The molecule has 0 bridgehead atoms. The third-order valence-electron chi connectivity index (χ3n) is 4.94. The molecule has 7 nitrogen and oxygen atoms in total. The highest BCUT2D eigenvalue weighted by molar-refractivity contribution is 8.01. The van der Waals surface area contributed by atoms with Gasteiger partial charge in [-0.25, -0.2) is 0 Å². The summed E-state index contributed by atoms with van der Waals surface area (Å²) >= 11 is 4.55. The molecule has 1 aromatic carbocycles. The molecule has 3 heterocycles. The summed E-state index contributed by atoms with van der Waals surface area (Å²) in [5.41, 5.74) is 5.51. The largest absolute Gasteiger partial charge is 0.360 e. The molecule has 0 spiro atoms. The monoisotopic (exact) mass is 497 g/mol. The number of aryl methyl sites for hydroxylation is 1. The van der Waals surface area contributed by atoms with Crippen molar-refractivity contribution in [2.75, 3.05) is 23.0 Å². The van der Waals surface area contributed by atoms with Gasteiger partial charge in [-0.15, -0.1) is 21.5 Å². The summed E-state index contributed by atoms with van der Waals surface area (Å²) in [6.07, 6.45) is 0.939. The van der Waals surface area contributed by atoms with Gasteiger partial charge in [0.25, 0.3) is 5.91 Å². The molecule has 33 heavy (non-hydrogen) atoms. The average molecular weight is 498 g/mol. The average Bonchev–Trinajstić information content (AvgIpc) is 3.56. The Morgan fingerprint density at radius 1 is 1.09 bits per heavy atom. The van der Waals surface area contributed by atoms with Crippen molar-refractivity contribution in [3.05, 3.63) is 81.3 Å². The summed E-state index contributed by atoms with van der Waals surface area (Å²) in [7, 11) is 0. The van der Waals surface area contributed by atoms with Crippen molar-refractivity contribution in [3.8, 4) is 0 Å². The number of hydrogen-bond donors (Lipinski definition) is 2. The van der Waals surface area contributed by atoms with Crippen molar-refractivity contribution >= 4 is 51.3 Å². The van der Waals surface area contributed by atoms with Crippen LogP contribution in [0.4, 0.5) is 5.13 Å². The highest BCUT2D eigenvalue weighted by Gasteiger charge is 2.18. The lowest BCUT2D eigenvalue weighted by molar-refractivity contribution is 0.0999. The summed E-state index contributed by atoms with van der Waals surface area (Å²) in [6.45, 7) is 4.48. The number of amides is 1. The molecule has 1 amide bonds. The van der Waals surface area contributed by atoms with Crippen LogP contribution in [-0.4, -0.2) is 38.9 Å². The number of thioether (sulfide) groups is 1. The minimum atomic E-state index is -0.223. The minimum absolute atomic E-state index is 0.0179. The Bertz CT molecular complexity index is 1230. The van der Waals surface area contributed by atoms with Crippen molar-refractivity contribution in [2.24, 2.45) is 0 Å². The summed E-state index contributed by atoms with van der Waals surface area (Å²) in [6, 6.07) is 15.0. The van der Waals surface area contributed by atoms with Crippen LogP contribution in [0.3, 0.4) is 0 Å². The fraction of sp³-hybridized carbons (Fsp3) is 0.217. The fourth-order valence-corrected chi connectivity index (χ4v) is 5.63. The molecule has 3 aromatic heterocycles. The van der Waals surface area contributed by atoms with Gasteiger partial charge in [-0.2, -0.15) is 0 Å². The van der Waals surface area contributed by atoms with E-state index in [0.717, 1.165) is 28.1 Å². The van der Waals surface area contributed by atoms with E-state index in [1.54, 1.807) is 34.2 Å². The Kier molecular flexibility index (Phi) is 7.58. The molecule has 2 N–H and O–H groups in total. The number of hydrogen-bond acceptors (Lipinski definition) is 8. The van der Waals surface area contributed by atoms with Gasteiger partial charge >= 0.3 is 0 Å². The zero-order chi connectivity index (χ0) is 23.2. The standard InChI is InChI=1S/C23H23N5O2S3/c1-15-13-19(16(2)28(15)27-21(30)17-7-4-3-5-8-17)20(29)14-32-23-26-25-22(33-23)24-11-10-18-9-6-12-31-18/h3-9,12-13H,10-11,14H2,1-2H3,(H,24,25)(H,27,30). The van der Waals surface area contributed by atoms with Gasteiger partial charge in [0.2, 0.25) is 5.13 Å². The molecule has 4 rings (SSSR count). The number of ketones is 1. The summed E-state index contributed by atoms with van der Waals surface area (Å²) < 4.78 is 2.40. The molecule has 0 aliphatic carbocycles. The Morgan fingerprint density at radius 3 is 2.67 bits per heavy atom. The van der Waals surface area contributed by atoms with E-state index in [0.29, 0.717) is 16.8 Å². The highest BCUT2D eigenvalue weighted by atomic mass is 32.2. The lowest BCUT2D eigenvalue weighted by atomic mass is 10.2. The normalized spacial score (nSPS) is 10.8.